The predicted octanol–water partition coefficient (Wildman–Crippen LogP) is 2.72. The summed E-state index contributed by atoms with van der Waals surface area (Å²) in [5.74, 6) is 1.04. The Morgan fingerprint density at radius 3 is 2.80 bits per heavy atom. The molecular weight excluding hydrogens is 250 g/mol. The summed E-state index contributed by atoms with van der Waals surface area (Å²) >= 11 is 0. The van der Waals surface area contributed by atoms with Gasteiger partial charge >= 0.3 is 0 Å². The Bertz CT molecular complexity index is 536. The lowest BCUT2D eigenvalue weighted by atomic mass is 10.2. The van der Waals surface area contributed by atoms with Crippen LogP contribution in [0.2, 0.25) is 0 Å². The van der Waals surface area contributed by atoms with E-state index >= 15 is 0 Å². The number of rotatable bonds is 7. The van der Waals surface area contributed by atoms with E-state index in [1.54, 1.807) is 6.26 Å². The summed E-state index contributed by atoms with van der Waals surface area (Å²) in [5.41, 5.74) is 3.39. The minimum atomic E-state index is 0.816. The minimum absolute atomic E-state index is 0.816. The Hall–Kier alpha value is -1.65. The standard InChI is InChI=1S/C16H23N3O/c1-4-19(11-15-7-5-6-13(2)18-15)12-16-14(10-17-3)8-9-20-16/h5-9,17H,4,10-12H2,1-3H3. The van der Waals surface area contributed by atoms with E-state index < -0.39 is 0 Å². The molecule has 0 atom stereocenters. The highest BCUT2D eigenvalue weighted by atomic mass is 16.3. The molecule has 0 spiro atoms. The van der Waals surface area contributed by atoms with Gasteiger partial charge in [-0.15, -0.1) is 0 Å². The van der Waals surface area contributed by atoms with Crippen LogP contribution in [0.3, 0.4) is 0 Å². The zero-order chi connectivity index (χ0) is 14.4. The molecule has 20 heavy (non-hydrogen) atoms. The molecule has 4 heteroatoms. The maximum Gasteiger partial charge on any atom is 0.122 e. The minimum Gasteiger partial charge on any atom is -0.468 e. The van der Waals surface area contributed by atoms with Crippen LogP contribution in [0.15, 0.2) is 34.9 Å². The summed E-state index contributed by atoms with van der Waals surface area (Å²) in [7, 11) is 1.95. The smallest absolute Gasteiger partial charge is 0.122 e. The van der Waals surface area contributed by atoms with Gasteiger partial charge in [-0.2, -0.15) is 0 Å². The van der Waals surface area contributed by atoms with E-state index in [0.717, 1.165) is 43.3 Å². The van der Waals surface area contributed by atoms with Gasteiger partial charge in [0, 0.05) is 24.3 Å². The topological polar surface area (TPSA) is 41.3 Å². The van der Waals surface area contributed by atoms with Gasteiger partial charge < -0.3 is 9.73 Å². The van der Waals surface area contributed by atoms with E-state index in [2.05, 4.69) is 34.3 Å². The summed E-state index contributed by atoms with van der Waals surface area (Å²) in [6, 6.07) is 8.19. The van der Waals surface area contributed by atoms with Crippen LogP contribution in [0.1, 0.15) is 29.6 Å². The quantitative estimate of drug-likeness (QED) is 0.842. The van der Waals surface area contributed by atoms with Crippen molar-refractivity contribution in [2.75, 3.05) is 13.6 Å². The van der Waals surface area contributed by atoms with Crippen LogP contribution < -0.4 is 5.32 Å². The molecule has 2 rings (SSSR count). The molecule has 2 aromatic heterocycles. The van der Waals surface area contributed by atoms with Crippen LogP contribution in [-0.2, 0) is 19.6 Å². The largest absolute Gasteiger partial charge is 0.468 e. The first-order valence-corrected chi connectivity index (χ1v) is 7.07. The SMILES string of the molecule is CCN(Cc1cccc(C)n1)Cc1occc1CNC. The van der Waals surface area contributed by atoms with Crippen LogP contribution in [0.5, 0.6) is 0 Å². The fourth-order valence-corrected chi connectivity index (χ4v) is 2.25. The highest BCUT2D eigenvalue weighted by Gasteiger charge is 2.11. The van der Waals surface area contributed by atoms with Crippen molar-refractivity contribution in [3.05, 3.63) is 53.2 Å². The number of nitrogens with zero attached hydrogens (tertiary/aromatic N) is 2. The van der Waals surface area contributed by atoms with E-state index in [1.165, 1.54) is 5.56 Å². The highest BCUT2D eigenvalue weighted by Crippen LogP contribution is 2.14. The lowest BCUT2D eigenvalue weighted by Crippen LogP contribution is -2.23. The second-order valence-electron chi connectivity index (χ2n) is 4.97. The molecule has 0 aromatic carbocycles. The Morgan fingerprint density at radius 1 is 1.25 bits per heavy atom. The Morgan fingerprint density at radius 2 is 2.10 bits per heavy atom. The van der Waals surface area contributed by atoms with Gasteiger partial charge in [-0.25, -0.2) is 0 Å². The summed E-state index contributed by atoms with van der Waals surface area (Å²) in [6.45, 7) is 7.66. The fraction of sp³-hybridized carbons (Fsp3) is 0.438. The van der Waals surface area contributed by atoms with Gasteiger partial charge in [-0.3, -0.25) is 9.88 Å². The number of aromatic nitrogens is 1. The molecule has 108 valence electrons. The number of aryl methyl sites for hydroxylation is 1. The molecule has 0 aliphatic heterocycles. The molecule has 2 heterocycles. The predicted molar refractivity (Wildman–Crippen MR) is 80.2 cm³/mol. The molecule has 0 saturated heterocycles. The molecule has 0 fully saturated rings. The monoisotopic (exact) mass is 273 g/mol. The van der Waals surface area contributed by atoms with E-state index in [-0.39, 0.29) is 0 Å². The molecule has 0 radical (unpaired) electrons. The second kappa shape index (κ2) is 7.22. The van der Waals surface area contributed by atoms with Gasteiger partial charge in [0.1, 0.15) is 5.76 Å². The van der Waals surface area contributed by atoms with Crippen molar-refractivity contribution in [1.29, 1.82) is 0 Å². The molecule has 0 amide bonds. The zero-order valence-electron chi connectivity index (χ0n) is 12.5. The van der Waals surface area contributed by atoms with Gasteiger partial charge in [0.25, 0.3) is 0 Å². The molecular formula is C16H23N3O. The third kappa shape index (κ3) is 3.92. The molecule has 0 bridgehead atoms. The molecule has 0 aliphatic rings. The molecule has 0 saturated carbocycles. The van der Waals surface area contributed by atoms with Gasteiger partial charge in [-0.1, -0.05) is 13.0 Å². The Labute approximate surface area is 120 Å². The Kier molecular flexibility index (Phi) is 5.32. The summed E-state index contributed by atoms with van der Waals surface area (Å²) < 4.78 is 5.61. The normalized spacial score (nSPS) is 11.2. The average Bonchev–Trinajstić information content (AvgIpc) is 2.86. The van der Waals surface area contributed by atoms with Gasteiger partial charge in [-0.05, 0) is 38.7 Å². The number of furan rings is 1. The number of hydrogen-bond acceptors (Lipinski definition) is 4. The first-order chi connectivity index (χ1) is 9.72. The van der Waals surface area contributed by atoms with Crippen LogP contribution in [0.4, 0.5) is 0 Å². The van der Waals surface area contributed by atoms with Crippen molar-refractivity contribution >= 4 is 0 Å². The maximum atomic E-state index is 5.61. The number of hydrogen-bond donors (Lipinski definition) is 1. The lowest BCUT2D eigenvalue weighted by Gasteiger charge is -2.19. The molecule has 2 aromatic rings. The Balaban J connectivity index is 2.03. The third-order valence-corrected chi connectivity index (χ3v) is 3.35. The first-order valence-electron chi connectivity index (χ1n) is 7.07. The van der Waals surface area contributed by atoms with E-state index in [4.69, 9.17) is 4.42 Å². The van der Waals surface area contributed by atoms with Crippen LogP contribution in [-0.4, -0.2) is 23.5 Å². The van der Waals surface area contributed by atoms with Gasteiger partial charge in [0.05, 0.1) is 18.5 Å². The third-order valence-electron chi connectivity index (χ3n) is 3.35. The fourth-order valence-electron chi connectivity index (χ4n) is 2.25. The highest BCUT2D eigenvalue weighted by molar-refractivity contribution is 5.17. The molecule has 1 N–H and O–H groups in total. The van der Waals surface area contributed by atoms with Crippen LogP contribution in [0, 0.1) is 6.92 Å². The number of pyridine rings is 1. The van der Waals surface area contributed by atoms with Crippen LogP contribution >= 0.6 is 0 Å². The van der Waals surface area contributed by atoms with E-state index in [9.17, 15) is 0 Å². The van der Waals surface area contributed by atoms with E-state index in [1.807, 2.05) is 26.1 Å². The molecule has 0 aliphatic carbocycles. The first kappa shape index (κ1) is 14.8. The van der Waals surface area contributed by atoms with Gasteiger partial charge in [0.15, 0.2) is 0 Å². The second-order valence-corrected chi connectivity index (χ2v) is 4.97. The van der Waals surface area contributed by atoms with Crippen LogP contribution in [0.25, 0.3) is 0 Å². The summed E-state index contributed by atoms with van der Waals surface area (Å²) in [4.78, 5) is 6.90. The van der Waals surface area contributed by atoms with Crippen molar-refractivity contribution in [3.63, 3.8) is 0 Å². The summed E-state index contributed by atoms with van der Waals surface area (Å²) in [6.07, 6.45) is 1.76. The molecule has 0 unspecified atom stereocenters. The lowest BCUT2D eigenvalue weighted by molar-refractivity contribution is 0.243. The van der Waals surface area contributed by atoms with E-state index in [0.29, 0.717) is 0 Å². The number of nitrogens with one attached hydrogen (secondary N) is 1. The molecule has 4 nitrogen and oxygen atoms in total. The van der Waals surface area contributed by atoms with Crippen molar-refractivity contribution in [2.24, 2.45) is 0 Å². The van der Waals surface area contributed by atoms with Crippen molar-refractivity contribution in [1.82, 2.24) is 15.2 Å². The van der Waals surface area contributed by atoms with Crippen molar-refractivity contribution < 1.29 is 4.42 Å². The maximum absolute atomic E-state index is 5.61. The van der Waals surface area contributed by atoms with Gasteiger partial charge in [0.2, 0.25) is 0 Å². The summed E-state index contributed by atoms with van der Waals surface area (Å²) in [5, 5.41) is 3.17. The van der Waals surface area contributed by atoms with Crippen molar-refractivity contribution in [2.45, 2.75) is 33.5 Å². The van der Waals surface area contributed by atoms with Crippen molar-refractivity contribution in [3.8, 4) is 0 Å². The zero-order valence-corrected chi connectivity index (χ0v) is 12.5. The average molecular weight is 273 g/mol.